The van der Waals surface area contributed by atoms with Crippen molar-refractivity contribution >= 4 is 35.0 Å². The maximum absolute atomic E-state index is 13.0. The zero-order valence-electron chi connectivity index (χ0n) is 17.9. The molecule has 32 heavy (non-hydrogen) atoms. The van der Waals surface area contributed by atoms with Crippen molar-refractivity contribution < 1.29 is 14.0 Å². The van der Waals surface area contributed by atoms with Crippen molar-refractivity contribution in [2.75, 3.05) is 16.4 Å². The van der Waals surface area contributed by atoms with Crippen LogP contribution in [0.5, 0.6) is 0 Å². The summed E-state index contributed by atoms with van der Waals surface area (Å²) in [5.41, 5.74) is 3.32. The quantitative estimate of drug-likeness (QED) is 0.376. The highest BCUT2D eigenvalue weighted by Gasteiger charge is 2.17. The minimum atomic E-state index is -0.378. The SMILES string of the molecule is C=CCn1c(CC(=O)Nc2ccc(F)cc2)nnc1SCC(=O)Nc1cc(C)ccc1C. The number of rotatable bonds is 9. The molecule has 9 heteroatoms. The van der Waals surface area contributed by atoms with E-state index in [0.717, 1.165) is 16.8 Å². The summed E-state index contributed by atoms with van der Waals surface area (Å²) in [5, 5.41) is 14.4. The van der Waals surface area contributed by atoms with Gasteiger partial charge < -0.3 is 15.2 Å². The molecule has 0 bridgehead atoms. The summed E-state index contributed by atoms with van der Waals surface area (Å²) in [6, 6.07) is 11.4. The van der Waals surface area contributed by atoms with Gasteiger partial charge in [-0.3, -0.25) is 9.59 Å². The molecule has 3 aromatic rings. The lowest BCUT2D eigenvalue weighted by Gasteiger charge is -2.10. The largest absolute Gasteiger partial charge is 0.326 e. The lowest BCUT2D eigenvalue weighted by molar-refractivity contribution is -0.116. The number of thioether (sulfide) groups is 1. The second-order valence-electron chi connectivity index (χ2n) is 7.19. The van der Waals surface area contributed by atoms with E-state index in [1.165, 1.54) is 36.0 Å². The van der Waals surface area contributed by atoms with Gasteiger partial charge in [-0.1, -0.05) is 30.0 Å². The van der Waals surface area contributed by atoms with Crippen LogP contribution < -0.4 is 10.6 Å². The number of benzene rings is 2. The van der Waals surface area contributed by atoms with Crippen LogP contribution in [0.4, 0.5) is 15.8 Å². The summed E-state index contributed by atoms with van der Waals surface area (Å²) in [4.78, 5) is 24.8. The van der Waals surface area contributed by atoms with Gasteiger partial charge in [0.05, 0.1) is 12.2 Å². The second kappa shape index (κ2) is 10.7. The molecule has 0 unspecified atom stereocenters. The van der Waals surface area contributed by atoms with Gasteiger partial charge in [-0.05, 0) is 55.3 Å². The van der Waals surface area contributed by atoms with E-state index in [9.17, 15) is 14.0 Å². The number of anilines is 2. The summed E-state index contributed by atoms with van der Waals surface area (Å²) in [6.07, 6.45) is 1.65. The number of aryl methyl sites for hydroxylation is 2. The molecular weight excluding hydrogens is 429 g/mol. The molecule has 1 heterocycles. The number of carbonyl (C=O) groups excluding carboxylic acids is 2. The zero-order valence-corrected chi connectivity index (χ0v) is 18.7. The average Bonchev–Trinajstić information content (AvgIpc) is 3.12. The van der Waals surface area contributed by atoms with Gasteiger partial charge in [-0.2, -0.15) is 0 Å². The molecule has 0 saturated carbocycles. The van der Waals surface area contributed by atoms with Crippen molar-refractivity contribution in [2.24, 2.45) is 0 Å². The Morgan fingerprint density at radius 3 is 2.56 bits per heavy atom. The highest BCUT2D eigenvalue weighted by Crippen LogP contribution is 2.20. The van der Waals surface area contributed by atoms with Crippen LogP contribution in [0.25, 0.3) is 0 Å². The van der Waals surface area contributed by atoms with E-state index >= 15 is 0 Å². The molecule has 0 fully saturated rings. The second-order valence-corrected chi connectivity index (χ2v) is 8.13. The Morgan fingerprint density at radius 2 is 1.84 bits per heavy atom. The van der Waals surface area contributed by atoms with Crippen molar-refractivity contribution in [3.05, 3.63) is 77.9 Å². The fourth-order valence-electron chi connectivity index (χ4n) is 2.94. The van der Waals surface area contributed by atoms with Crippen LogP contribution in [0.15, 0.2) is 60.3 Å². The van der Waals surface area contributed by atoms with Crippen LogP contribution >= 0.6 is 11.8 Å². The van der Waals surface area contributed by atoms with Crippen LogP contribution in [0.2, 0.25) is 0 Å². The van der Waals surface area contributed by atoms with Gasteiger partial charge in [0.2, 0.25) is 11.8 Å². The summed E-state index contributed by atoms with van der Waals surface area (Å²) in [5.74, 6) is -0.255. The Labute approximate surface area is 190 Å². The fraction of sp³-hybridized carbons (Fsp3) is 0.217. The fourth-order valence-corrected chi connectivity index (χ4v) is 3.70. The van der Waals surface area contributed by atoms with Crippen LogP contribution in [0.1, 0.15) is 17.0 Å². The number of allylic oxidation sites excluding steroid dienone is 1. The van der Waals surface area contributed by atoms with Gasteiger partial charge in [0.25, 0.3) is 0 Å². The van der Waals surface area contributed by atoms with Crippen molar-refractivity contribution in [1.82, 2.24) is 14.8 Å². The average molecular weight is 454 g/mol. The van der Waals surface area contributed by atoms with Gasteiger partial charge in [0, 0.05) is 17.9 Å². The first-order valence-electron chi connectivity index (χ1n) is 9.94. The molecule has 7 nitrogen and oxygen atoms in total. The molecule has 0 saturated heterocycles. The van der Waals surface area contributed by atoms with E-state index in [0.29, 0.717) is 23.2 Å². The standard InChI is InChI=1S/C23H24FN5O2S/c1-4-11-29-20(13-21(30)25-18-9-7-17(24)8-10-18)27-28-23(29)32-14-22(31)26-19-12-15(2)5-6-16(19)3/h4-10,12H,1,11,13-14H2,2-3H3,(H,25,30)(H,26,31). The van der Waals surface area contributed by atoms with Crippen LogP contribution in [-0.2, 0) is 22.6 Å². The van der Waals surface area contributed by atoms with Crippen molar-refractivity contribution in [1.29, 1.82) is 0 Å². The number of carbonyl (C=O) groups is 2. The molecule has 1 aromatic heterocycles. The molecular formula is C23H24FN5O2S. The first kappa shape index (κ1) is 23.2. The number of aromatic nitrogens is 3. The van der Waals surface area contributed by atoms with E-state index in [1.807, 2.05) is 32.0 Å². The van der Waals surface area contributed by atoms with Gasteiger partial charge >= 0.3 is 0 Å². The summed E-state index contributed by atoms with van der Waals surface area (Å²) in [7, 11) is 0. The molecule has 0 aliphatic heterocycles. The number of hydrogen-bond acceptors (Lipinski definition) is 5. The molecule has 0 atom stereocenters. The third-order valence-corrected chi connectivity index (χ3v) is 5.52. The molecule has 2 N–H and O–H groups in total. The highest BCUT2D eigenvalue weighted by molar-refractivity contribution is 7.99. The molecule has 2 aromatic carbocycles. The molecule has 2 amide bonds. The van der Waals surface area contributed by atoms with E-state index in [4.69, 9.17) is 0 Å². The Morgan fingerprint density at radius 1 is 1.09 bits per heavy atom. The van der Waals surface area contributed by atoms with Gasteiger partial charge in [-0.25, -0.2) is 4.39 Å². The number of hydrogen-bond donors (Lipinski definition) is 2. The number of halogens is 1. The maximum atomic E-state index is 13.0. The Balaban J connectivity index is 1.62. The smallest absolute Gasteiger partial charge is 0.234 e. The van der Waals surface area contributed by atoms with Gasteiger partial charge in [0.1, 0.15) is 11.6 Å². The Kier molecular flexibility index (Phi) is 7.77. The first-order chi connectivity index (χ1) is 15.4. The van der Waals surface area contributed by atoms with Crippen molar-refractivity contribution in [2.45, 2.75) is 32.0 Å². The Bertz CT molecular complexity index is 1130. The molecule has 166 valence electrons. The van der Waals surface area contributed by atoms with Crippen molar-refractivity contribution in [3.63, 3.8) is 0 Å². The lowest BCUT2D eigenvalue weighted by atomic mass is 10.1. The van der Waals surface area contributed by atoms with E-state index in [2.05, 4.69) is 27.4 Å². The molecule has 0 aliphatic carbocycles. The third-order valence-electron chi connectivity index (χ3n) is 4.55. The summed E-state index contributed by atoms with van der Waals surface area (Å²) in [6.45, 7) is 8.04. The minimum Gasteiger partial charge on any atom is -0.326 e. The molecule has 0 spiro atoms. The van der Waals surface area contributed by atoms with Crippen molar-refractivity contribution in [3.8, 4) is 0 Å². The normalized spacial score (nSPS) is 10.6. The minimum absolute atomic E-state index is 0.0204. The molecule has 0 radical (unpaired) electrons. The third kappa shape index (κ3) is 6.27. The number of amides is 2. The monoisotopic (exact) mass is 453 g/mol. The first-order valence-corrected chi connectivity index (χ1v) is 10.9. The van der Waals surface area contributed by atoms with E-state index < -0.39 is 0 Å². The summed E-state index contributed by atoms with van der Waals surface area (Å²) >= 11 is 1.23. The van der Waals surface area contributed by atoms with Gasteiger partial charge in [0.15, 0.2) is 5.16 Å². The lowest BCUT2D eigenvalue weighted by Crippen LogP contribution is -2.18. The number of nitrogens with zero attached hydrogens (tertiary/aromatic N) is 3. The zero-order chi connectivity index (χ0) is 23.1. The molecule has 0 aliphatic rings. The van der Waals surface area contributed by atoms with Crippen LogP contribution in [0.3, 0.4) is 0 Å². The van der Waals surface area contributed by atoms with E-state index in [1.54, 1.807) is 10.6 Å². The summed E-state index contributed by atoms with van der Waals surface area (Å²) < 4.78 is 14.8. The molecule has 3 rings (SSSR count). The maximum Gasteiger partial charge on any atom is 0.234 e. The topological polar surface area (TPSA) is 88.9 Å². The van der Waals surface area contributed by atoms with Crippen LogP contribution in [-0.4, -0.2) is 32.3 Å². The van der Waals surface area contributed by atoms with Gasteiger partial charge in [-0.15, -0.1) is 16.8 Å². The van der Waals surface area contributed by atoms with E-state index in [-0.39, 0.29) is 29.8 Å². The predicted octanol–water partition coefficient (Wildman–Crippen LogP) is 4.13. The highest BCUT2D eigenvalue weighted by atomic mass is 32.2. The Hall–Kier alpha value is -3.46. The van der Waals surface area contributed by atoms with Crippen LogP contribution in [0, 0.1) is 19.7 Å². The predicted molar refractivity (Wildman–Crippen MR) is 124 cm³/mol. The number of nitrogens with one attached hydrogen (secondary N) is 2.